The van der Waals surface area contributed by atoms with Crippen LogP contribution in [0.5, 0.6) is 5.75 Å². The van der Waals surface area contributed by atoms with Crippen molar-refractivity contribution in [1.29, 1.82) is 0 Å². The number of benzene rings is 1. The van der Waals surface area contributed by atoms with Crippen LogP contribution in [-0.4, -0.2) is 26.4 Å². The fraction of sp³-hybridized carbons (Fsp3) is 0.421. The van der Waals surface area contributed by atoms with Gasteiger partial charge in [-0.1, -0.05) is 6.42 Å². The van der Waals surface area contributed by atoms with Crippen molar-refractivity contribution in [2.75, 3.05) is 0 Å². The molecule has 0 unspecified atom stereocenters. The van der Waals surface area contributed by atoms with E-state index in [9.17, 15) is 18.8 Å². The highest BCUT2D eigenvalue weighted by atomic mass is 19.1. The Morgan fingerprint density at radius 2 is 1.74 bits per heavy atom. The molecule has 0 saturated heterocycles. The Morgan fingerprint density at radius 3 is 2.44 bits per heavy atom. The normalized spacial score (nSPS) is 18.2. The van der Waals surface area contributed by atoms with Gasteiger partial charge in [-0.15, -0.1) is 0 Å². The zero-order valence-corrected chi connectivity index (χ0v) is 14.7. The van der Waals surface area contributed by atoms with Gasteiger partial charge in [0.25, 0.3) is 11.5 Å². The fourth-order valence-corrected chi connectivity index (χ4v) is 3.94. The SMILES string of the molecule is O=C(N1Cc2[nH]c(=O)[nH]c(=O)c2C1)C1(Oc2ccc(F)cc2)CCCCC1. The first-order chi connectivity index (χ1) is 13.0. The molecule has 1 aromatic carbocycles. The molecule has 2 aromatic rings. The average molecular weight is 373 g/mol. The number of rotatable bonds is 3. The summed E-state index contributed by atoms with van der Waals surface area (Å²) in [4.78, 5) is 43.2. The summed E-state index contributed by atoms with van der Waals surface area (Å²) in [6.45, 7) is 0.302. The molecule has 2 N–H and O–H groups in total. The molecular weight excluding hydrogens is 353 g/mol. The van der Waals surface area contributed by atoms with Crippen LogP contribution in [0.2, 0.25) is 0 Å². The van der Waals surface area contributed by atoms with Crippen LogP contribution in [0.4, 0.5) is 4.39 Å². The minimum Gasteiger partial charge on any atom is -0.477 e. The Balaban J connectivity index is 1.62. The largest absolute Gasteiger partial charge is 0.477 e. The van der Waals surface area contributed by atoms with E-state index in [1.807, 2.05) is 0 Å². The second kappa shape index (κ2) is 6.68. The summed E-state index contributed by atoms with van der Waals surface area (Å²) in [7, 11) is 0. The molecule has 0 bridgehead atoms. The summed E-state index contributed by atoms with van der Waals surface area (Å²) in [5.74, 6) is -0.137. The van der Waals surface area contributed by atoms with Crippen LogP contribution in [0, 0.1) is 5.82 Å². The maximum atomic E-state index is 13.4. The third-order valence-electron chi connectivity index (χ3n) is 5.29. The van der Waals surface area contributed by atoms with Crippen LogP contribution < -0.4 is 16.0 Å². The number of H-pyrrole nitrogens is 2. The number of halogens is 1. The number of aromatic nitrogens is 2. The van der Waals surface area contributed by atoms with Crippen molar-refractivity contribution in [3.05, 3.63) is 62.2 Å². The van der Waals surface area contributed by atoms with E-state index in [0.717, 1.165) is 19.3 Å². The highest BCUT2D eigenvalue weighted by molar-refractivity contribution is 5.86. The van der Waals surface area contributed by atoms with Crippen LogP contribution in [0.3, 0.4) is 0 Å². The first-order valence-electron chi connectivity index (χ1n) is 9.05. The molecule has 0 spiro atoms. The Kier molecular flexibility index (Phi) is 4.33. The second-order valence-corrected chi connectivity index (χ2v) is 7.14. The van der Waals surface area contributed by atoms with Crippen molar-refractivity contribution in [2.45, 2.75) is 50.8 Å². The first kappa shape index (κ1) is 17.5. The molecule has 2 heterocycles. The predicted molar refractivity (Wildman–Crippen MR) is 94.8 cm³/mol. The first-order valence-corrected chi connectivity index (χ1v) is 9.05. The third kappa shape index (κ3) is 3.27. The van der Waals surface area contributed by atoms with Crippen molar-refractivity contribution in [1.82, 2.24) is 14.9 Å². The molecule has 1 aliphatic heterocycles. The van der Waals surface area contributed by atoms with Crippen LogP contribution in [0.25, 0.3) is 0 Å². The van der Waals surface area contributed by atoms with Crippen molar-refractivity contribution in [3.63, 3.8) is 0 Å². The lowest BCUT2D eigenvalue weighted by Gasteiger charge is -2.38. The molecule has 2 aliphatic rings. The minimum atomic E-state index is -1.04. The van der Waals surface area contributed by atoms with E-state index in [1.54, 1.807) is 4.90 Å². The van der Waals surface area contributed by atoms with Crippen molar-refractivity contribution in [2.24, 2.45) is 0 Å². The molecule has 1 aromatic heterocycles. The number of fused-ring (bicyclic) bond motifs is 1. The van der Waals surface area contributed by atoms with E-state index < -0.39 is 16.9 Å². The van der Waals surface area contributed by atoms with Crippen molar-refractivity contribution in [3.8, 4) is 5.75 Å². The molecule has 4 rings (SSSR count). The van der Waals surface area contributed by atoms with Crippen LogP contribution in [0.15, 0.2) is 33.9 Å². The van der Waals surface area contributed by atoms with Crippen LogP contribution >= 0.6 is 0 Å². The number of carbonyl (C=O) groups excluding carboxylic acids is 1. The smallest absolute Gasteiger partial charge is 0.325 e. The lowest BCUT2D eigenvalue weighted by Crippen LogP contribution is -2.52. The molecule has 27 heavy (non-hydrogen) atoms. The third-order valence-corrected chi connectivity index (χ3v) is 5.29. The zero-order valence-electron chi connectivity index (χ0n) is 14.7. The van der Waals surface area contributed by atoms with Gasteiger partial charge in [0, 0.05) is 5.69 Å². The molecule has 1 amide bonds. The van der Waals surface area contributed by atoms with E-state index in [1.165, 1.54) is 24.3 Å². The number of nitrogens with one attached hydrogen (secondary N) is 2. The quantitative estimate of drug-likeness (QED) is 0.858. The highest BCUT2D eigenvalue weighted by Crippen LogP contribution is 2.36. The number of amides is 1. The number of hydrogen-bond donors (Lipinski definition) is 2. The standard InChI is InChI=1S/C19H20FN3O4/c20-12-4-6-13(7-5-12)27-19(8-2-1-3-9-19)17(25)23-10-14-15(11-23)21-18(26)22-16(14)24/h4-7H,1-3,8-11H2,(H2,21,22,24,26). The maximum Gasteiger partial charge on any atom is 0.325 e. The highest BCUT2D eigenvalue weighted by Gasteiger charge is 2.46. The van der Waals surface area contributed by atoms with Gasteiger partial charge >= 0.3 is 5.69 Å². The number of hydrogen-bond acceptors (Lipinski definition) is 4. The average Bonchev–Trinajstić information content (AvgIpc) is 3.08. The summed E-state index contributed by atoms with van der Waals surface area (Å²) in [6, 6.07) is 5.62. The van der Waals surface area contributed by atoms with Gasteiger partial charge in [0.2, 0.25) is 0 Å². The zero-order chi connectivity index (χ0) is 19.0. The van der Waals surface area contributed by atoms with E-state index in [2.05, 4.69) is 9.97 Å². The topological polar surface area (TPSA) is 95.3 Å². The van der Waals surface area contributed by atoms with Crippen LogP contribution in [0.1, 0.15) is 43.4 Å². The van der Waals surface area contributed by atoms with Gasteiger partial charge in [0.15, 0.2) is 5.60 Å². The Morgan fingerprint density at radius 1 is 1.04 bits per heavy atom. The predicted octanol–water partition coefficient (Wildman–Crippen LogP) is 1.83. The van der Waals surface area contributed by atoms with Gasteiger partial charge in [0.05, 0.1) is 18.7 Å². The van der Waals surface area contributed by atoms with Gasteiger partial charge in [0.1, 0.15) is 11.6 Å². The lowest BCUT2D eigenvalue weighted by molar-refractivity contribution is -0.152. The molecule has 0 radical (unpaired) electrons. The second-order valence-electron chi connectivity index (χ2n) is 7.14. The van der Waals surface area contributed by atoms with Crippen LogP contribution in [-0.2, 0) is 17.9 Å². The minimum absolute atomic E-state index is 0.134. The number of nitrogens with zero attached hydrogens (tertiary/aromatic N) is 1. The molecule has 1 fully saturated rings. The van der Waals surface area contributed by atoms with E-state index in [-0.39, 0.29) is 24.8 Å². The van der Waals surface area contributed by atoms with Crippen molar-refractivity contribution < 1.29 is 13.9 Å². The molecule has 142 valence electrons. The molecule has 1 saturated carbocycles. The van der Waals surface area contributed by atoms with Gasteiger partial charge in [-0.3, -0.25) is 14.6 Å². The van der Waals surface area contributed by atoms with Crippen molar-refractivity contribution >= 4 is 5.91 Å². The number of aromatic amines is 2. The lowest BCUT2D eigenvalue weighted by atomic mass is 9.83. The monoisotopic (exact) mass is 373 g/mol. The van der Waals surface area contributed by atoms with E-state index >= 15 is 0 Å². The van der Waals surface area contributed by atoms with Gasteiger partial charge < -0.3 is 14.6 Å². The maximum absolute atomic E-state index is 13.4. The molecule has 7 nitrogen and oxygen atoms in total. The van der Waals surface area contributed by atoms with E-state index in [0.29, 0.717) is 29.8 Å². The Labute approximate surface area is 154 Å². The molecule has 0 atom stereocenters. The summed E-state index contributed by atoms with van der Waals surface area (Å²) < 4.78 is 19.3. The van der Waals surface area contributed by atoms with E-state index in [4.69, 9.17) is 4.74 Å². The van der Waals surface area contributed by atoms with Gasteiger partial charge in [-0.25, -0.2) is 9.18 Å². The molecular formula is C19H20FN3O4. The van der Waals surface area contributed by atoms with Gasteiger partial charge in [-0.05, 0) is 49.9 Å². The Bertz CT molecular complexity index is 974. The number of carbonyl (C=O) groups is 1. The fourth-order valence-electron chi connectivity index (χ4n) is 3.94. The summed E-state index contributed by atoms with van der Waals surface area (Å²) in [5, 5.41) is 0. The number of ether oxygens (including phenoxy) is 1. The molecule has 8 heteroatoms. The Hall–Kier alpha value is -2.90. The molecule has 1 aliphatic carbocycles. The summed E-state index contributed by atoms with van der Waals surface area (Å²) >= 11 is 0. The van der Waals surface area contributed by atoms with Gasteiger partial charge in [-0.2, -0.15) is 0 Å². The summed E-state index contributed by atoms with van der Waals surface area (Å²) in [6.07, 6.45) is 3.84. The summed E-state index contributed by atoms with van der Waals surface area (Å²) in [5.41, 5.74) is -1.23.